The summed E-state index contributed by atoms with van der Waals surface area (Å²) in [7, 11) is 0. The zero-order chi connectivity index (χ0) is 10.1. The van der Waals surface area contributed by atoms with Crippen molar-refractivity contribution < 1.29 is 9.90 Å². The smallest absolute Gasteiger partial charge is 0.303 e. The van der Waals surface area contributed by atoms with E-state index in [1.807, 2.05) is 0 Å². The molecule has 76 valence electrons. The Morgan fingerprint density at radius 2 is 2.50 bits per heavy atom. The first-order valence-corrected chi connectivity index (χ1v) is 6.27. The molecule has 1 aliphatic carbocycles. The molecule has 1 N–H and O–H groups in total. The lowest BCUT2D eigenvalue weighted by atomic mass is 9.87. The fraction of sp³-hybridized carbons (Fsp3) is 0.500. The molecule has 0 aliphatic heterocycles. The van der Waals surface area contributed by atoms with Crippen LogP contribution in [0.5, 0.6) is 0 Å². The lowest BCUT2D eigenvalue weighted by Crippen LogP contribution is -2.11. The average Bonchev–Trinajstić information content (AvgIpc) is 2.45. The van der Waals surface area contributed by atoms with Crippen LogP contribution in [0.25, 0.3) is 0 Å². The summed E-state index contributed by atoms with van der Waals surface area (Å²) in [4.78, 5) is 12.0. The molecule has 1 heterocycles. The van der Waals surface area contributed by atoms with Gasteiger partial charge in [-0.2, -0.15) is 0 Å². The van der Waals surface area contributed by atoms with E-state index in [0.29, 0.717) is 0 Å². The van der Waals surface area contributed by atoms with Crippen LogP contribution in [0, 0.1) is 0 Å². The monoisotopic (exact) mass is 274 g/mol. The van der Waals surface area contributed by atoms with Crippen LogP contribution < -0.4 is 0 Å². The summed E-state index contributed by atoms with van der Waals surface area (Å²) in [5.74, 6) is -0.445. The normalized spacial score (nSPS) is 20.5. The van der Waals surface area contributed by atoms with Crippen LogP contribution in [-0.2, 0) is 11.2 Å². The molecule has 1 unspecified atom stereocenters. The van der Waals surface area contributed by atoms with Crippen molar-refractivity contribution in [2.45, 2.75) is 31.6 Å². The summed E-state index contributed by atoms with van der Waals surface area (Å²) in [6, 6.07) is 2.13. The van der Waals surface area contributed by atoms with E-state index in [9.17, 15) is 4.79 Å². The Hall–Kier alpha value is -0.350. The third kappa shape index (κ3) is 2.01. The van der Waals surface area contributed by atoms with E-state index in [-0.39, 0.29) is 12.3 Å². The molecule has 0 fully saturated rings. The summed E-state index contributed by atoms with van der Waals surface area (Å²) in [6.07, 6.45) is 3.52. The molecule has 4 heteroatoms. The molecular weight excluding hydrogens is 264 g/mol. The summed E-state index contributed by atoms with van der Waals surface area (Å²) in [5, 5.41) is 8.79. The van der Waals surface area contributed by atoms with Gasteiger partial charge in [0.2, 0.25) is 0 Å². The second-order valence-electron chi connectivity index (χ2n) is 3.63. The van der Waals surface area contributed by atoms with Crippen molar-refractivity contribution in [3.8, 4) is 0 Å². The summed E-state index contributed by atoms with van der Waals surface area (Å²) >= 11 is 5.15. The first kappa shape index (κ1) is 10.2. The van der Waals surface area contributed by atoms with Gasteiger partial charge >= 0.3 is 5.97 Å². The zero-order valence-corrected chi connectivity index (χ0v) is 10.0. The van der Waals surface area contributed by atoms with Gasteiger partial charge in [0.15, 0.2) is 0 Å². The van der Waals surface area contributed by atoms with Crippen LogP contribution in [0.3, 0.4) is 0 Å². The SMILES string of the molecule is O=C(O)CC1CCCc2cc(Br)sc21. The number of carbonyl (C=O) groups is 1. The number of hydrogen-bond donors (Lipinski definition) is 1. The van der Waals surface area contributed by atoms with Gasteiger partial charge in [0, 0.05) is 10.8 Å². The van der Waals surface area contributed by atoms with E-state index in [2.05, 4.69) is 22.0 Å². The predicted molar refractivity (Wildman–Crippen MR) is 60.0 cm³/mol. The number of aryl methyl sites for hydroxylation is 1. The van der Waals surface area contributed by atoms with Gasteiger partial charge in [-0.1, -0.05) is 0 Å². The molecule has 2 nitrogen and oxygen atoms in total. The Labute approximate surface area is 95.1 Å². The second kappa shape index (κ2) is 4.03. The average molecular weight is 275 g/mol. The molecule has 1 aliphatic rings. The molecule has 0 aromatic carbocycles. The van der Waals surface area contributed by atoms with Crippen molar-refractivity contribution in [1.29, 1.82) is 0 Å². The topological polar surface area (TPSA) is 37.3 Å². The summed E-state index contributed by atoms with van der Waals surface area (Å²) < 4.78 is 1.12. The zero-order valence-electron chi connectivity index (χ0n) is 7.62. The Kier molecular flexibility index (Phi) is 2.93. The summed E-state index contributed by atoms with van der Waals surface area (Å²) in [5.41, 5.74) is 1.35. The van der Waals surface area contributed by atoms with Gasteiger partial charge in [-0.25, -0.2) is 0 Å². The minimum atomic E-state index is -0.688. The van der Waals surface area contributed by atoms with Gasteiger partial charge in [-0.15, -0.1) is 11.3 Å². The maximum atomic E-state index is 10.7. The molecular formula is C10H11BrO2S. The molecule has 1 aromatic heterocycles. The van der Waals surface area contributed by atoms with Gasteiger partial charge in [0.1, 0.15) is 0 Å². The maximum Gasteiger partial charge on any atom is 0.303 e. The third-order valence-corrected chi connectivity index (χ3v) is 4.44. The maximum absolute atomic E-state index is 10.7. The van der Waals surface area contributed by atoms with Crippen molar-refractivity contribution >= 4 is 33.2 Å². The van der Waals surface area contributed by atoms with E-state index in [0.717, 1.165) is 23.0 Å². The highest BCUT2D eigenvalue weighted by Crippen LogP contribution is 2.41. The van der Waals surface area contributed by atoms with Gasteiger partial charge in [-0.3, -0.25) is 4.79 Å². The lowest BCUT2D eigenvalue weighted by molar-refractivity contribution is -0.137. The minimum absolute atomic E-state index is 0.243. The Bertz CT molecular complexity index is 359. The van der Waals surface area contributed by atoms with Crippen molar-refractivity contribution in [2.24, 2.45) is 0 Å². The van der Waals surface area contributed by atoms with E-state index in [1.165, 1.54) is 10.4 Å². The van der Waals surface area contributed by atoms with E-state index in [1.54, 1.807) is 11.3 Å². The summed E-state index contributed by atoms with van der Waals surface area (Å²) in [6.45, 7) is 0. The van der Waals surface area contributed by atoms with Crippen LogP contribution in [-0.4, -0.2) is 11.1 Å². The van der Waals surface area contributed by atoms with E-state index < -0.39 is 5.97 Å². The standard InChI is InChI=1S/C10H11BrO2S/c11-8-4-6-2-1-3-7(5-9(12)13)10(6)14-8/h4,7H,1-3,5H2,(H,12,13). The Morgan fingerprint density at radius 1 is 1.71 bits per heavy atom. The molecule has 0 saturated heterocycles. The Morgan fingerprint density at radius 3 is 3.21 bits per heavy atom. The number of carboxylic acid groups (broad SMARTS) is 1. The first-order chi connectivity index (χ1) is 6.66. The lowest BCUT2D eigenvalue weighted by Gasteiger charge is -2.20. The van der Waals surface area contributed by atoms with E-state index >= 15 is 0 Å². The number of halogens is 1. The van der Waals surface area contributed by atoms with Gasteiger partial charge in [0.05, 0.1) is 10.2 Å². The van der Waals surface area contributed by atoms with Crippen LogP contribution in [0.15, 0.2) is 9.85 Å². The second-order valence-corrected chi connectivity index (χ2v) is 6.09. The largest absolute Gasteiger partial charge is 0.481 e. The van der Waals surface area contributed by atoms with Crippen molar-refractivity contribution in [1.82, 2.24) is 0 Å². The predicted octanol–water partition coefficient (Wildman–Crippen LogP) is 3.41. The van der Waals surface area contributed by atoms with Crippen molar-refractivity contribution in [2.75, 3.05) is 0 Å². The molecule has 0 radical (unpaired) electrons. The number of thiophene rings is 1. The van der Waals surface area contributed by atoms with Gasteiger partial charge < -0.3 is 5.11 Å². The highest BCUT2D eigenvalue weighted by molar-refractivity contribution is 9.11. The molecule has 0 amide bonds. The Balaban J connectivity index is 2.25. The molecule has 1 atom stereocenters. The molecule has 0 saturated carbocycles. The molecule has 2 rings (SSSR count). The van der Waals surface area contributed by atoms with Gasteiger partial charge in [-0.05, 0) is 46.8 Å². The van der Waals surface area contributed by atoms with Crippen molar-refractivity contribution in [3.05, 3.63) is 20.3 Å². The number of hydrogen-bond acceptors (Lipinski definition) is 2. The van der Waals surface area contributed by atoms with Crippen LogP contribution in [0.4, 0.5) is 0 Å². The molecule has 0 spiro atoms. The first-order valence-electron chi connectivity index (χ1n) is 4.66. The van der Waals surface area contributed by atoms with Crippen LogP contribution in [0.2, 0.25) is 0 Å². The molecule has 0 bridgehead atoms. The molecule has 14 heavy (non-hydrogen) atoms. The van der Waals surface area contributed by atoms with Crippen molar-refractivity contribution in [3.63, 3.8) is 0 Å². The quantitative estimate of drug-likeness (QED) is 0.898. The van der Waals surface area contributed by atoms with Crippen LogP contribution >= 0.6 is 27.3 Å². The number of aliphatic carboxylic acids is 1. The third-order valence-electron chi connectivity index (χ3n) is 2.60. The minimum Gasteiger partial charge on any atom is -0.481 e. The highest BCUT2D eigenvalue weighted by atomic mass is 79.9. The highest BCUT2D eigenvalue weighted by Gasteiger charge is 2.24. The molecule has 1 aromatic rings. The number of rotatable bonds is 2. The number of carboxylic acids is 1. The fourth-order valence-electron chi connectivity index (χ4n) is 2.02. The fourth-order valence-corrected chi connectivity index (χ4v) is 3.90. The van der Waals surface area contributed by atoms with Crippen LogP contribution in [0.1, 0.15) is 35.6 Å². The van der Waals surface area contributed by atoms with E-state index in [4.69, 9.17) is 5.11 Å². The number of fused-ring (bicyclic) bond motifs is 1. The van der Waals surface area contributed by atoms with Gasteiger partial charge in [0.25, 0.3) is 0 Å².